The zero-order chi connectivity index (χ0) is 14.5. The summed E-state index contributed by atoms with van der Waals surface area (Å²) in [5.74, 6) is 0.567. The number of benzene rings is 1. The van der Waals surface area contributed by atoms with Crippen LogP contribution in [0.2, 0.25) is 0 Å². The number of hydrogen-bond acceptors (Lipinski definition) is 5. The van der Waals surface area contributed by atoms with Crippen molar-refractivity contribution in [3.05, 3.63) is 29.3 Å². The molecule has 0 aliphatic carbocycles. The van der Waals surface area contributed by atoms with E-state index in [1.807, 2.05) is 6.92 Å². The smallest absolute Gasteiger partial charge is 0.170 e. The van der Waals surface area contributed by atoms with Gasteiger partial charge in [-0.1, -0.05) is 24.2 Å². The lowest BCUT2D eigenvalue weighted by Crippen LogP contribution is -2.17. The number of nitrogens with zero attached hydrogens (tertiary/aromatic N) is 1. The van der Waals surface area contributed by atoms with Crippen LogP contribution in [0.1, 0.15) is 18.1 Å². The van der Waals surface area contributed by atoms with Gasteiger partial charge in [-0.05, 0) is 18.6 Å². The van der Waals surface area contributed by atoms with Crippen LogP contribution >= 0.6 is 0 Å². The van der Waals surface area contributed by atoms with Gasteiger partial charge in [0, 0.05) is 11.3 Å². The van der Waals surface area contributed by atoms with Crippen LogP contribution in [0, 0.1) is 6.92 Å². The Bertz CT molecular complexity index is 567. The zero-order valence-corrected chi connectivity index (χ0v) is 11.8. The molecule has 0 fully saturated rings. The quantitative estimate of drug-likeness (QED) is 0.350. The molecule has 0 radical (unpaired) electrons. The molecule has 0 aliphatic heterocycles. The van der Waals surface area contributed by atoms with Gasteiger partial charge in [0.1, 0.15) is 12.4 Å². The highest BCUT2D eigenvalue weighted by molar-refractivity contribution is 7.91. The number of sulfone groups is 1. The predicted octanol–water partition coefficient (Wildman–Crippen LogP) is 0.903. The summed E-state index contributed by atoms with van der Waals surface area (Å²) in [7, 11) is -3.05. The van der Waals surface area contributed by atoms with Gasteiger partial charge in [0.15, 0.2) is 15.7 Å². The number of amidine groups is 1. The maximum absolute atomic E-state index is 11.3. The summed E-state index contributed by atoms with van der Waals surface area (Å²) in [6, 6.07) is 5.07. The summed E-state index contributed by atoms with van der Waals surface area (Å²) in [4.78, 5) is 0. The van der Waals surface area contributed by atoms with E-state index in [0.717, 1.165) is 5.56 Å². The Morgan fingerprint density at radius 1 is 1.47 bits per heavy atom. The van der Waals surface area contributed by atoms with Crippen LogP contribution in [0.15, 0.2) is 23.4 Å². The molecule has 0 heterocycles. The molecule has 1 rings (SSSR count). The van der Waals surface area contributed by atoms with E-state index in [2.05, 4.69) is 5.16 Å². The summed E-state index contributed by atoms with van der Waals surface area (Å²) in [6.45, 7) is 3.51. The normalized spacial score (nSPS) is 12.4. The van der Waals surface area contributed by atoms with Gasteiger partial charge in [-0.2, -0.15) is 0 Å². The van der Waals surface area contributed by atoms with Gasteiger partial charge in [0.2, 0.25) is 0 Å². The van der Waals surface area contributed by atoms with Crippen molar-refractivity contribution < 1.29 is 18.4 Å². The first-order valence-corrected chi connectivity index (χ1v) is 7.63. The number of nitrogens with two attached hydrogens (primary N) is 1. The monoisotopic (exact) mass is 286 g/mol. The predicted molar refractivity (Wildman–Crippen MR) is 73.5 cm³/mol. The summed E-state index contributed by atoms with van der Waals surface area (Å²) in [5, 5.41) is 11.5. The lowest BCUT2D eigenvalue weighted by molar-refractivity contribution is 0.318. The maximum atomic E-state index is 11.3. The van der Waals surface area contributed by atoms with Crippen LogP contribution in [-0.2, 0) is 9.84 Å². The minimum Gasteiger partial charge on any atom is -0.492 e. The highest BCUT2D eigenvalue weighted by Gasteiger charge is 2.09. The molecule has 0 amide bonds. The minimum atomic E-state index is -3.05. The zero-order valence-electron chi connectivity index (χ0n) is 11.0. The van der Waals surface area contributed by atoms with Crippen molar-refractivity contribution in [1.29, 1.82) is 0 Å². The number of hydrogen-bond donors (Lipinski definition) is 2. The fraction of sp³-hybridized carbons (Fsp3) is 0.417. The average Bonchev–Trinajstić information content (AvgIpc) is 2.40. The topological polar surface area (TPSA) is 102 Å². The van der Waals surface area contributed by atoms with E-state index in [0.29, 0.717) is 11.3 Å². The number of oxime groups is 1. The van der Waals surface area contributed by atoms with Crippen molar-refractivity contribution in [2.24, 2.45) is 10.9 Å². The molecular formula is C12H18N2O4S. The van der Waals surface area contributed by atoms with Crippen molar-refractivity contribution in [1.82, 2.24) is 0 Å². The van der Waals surface area contributed by atoms with Crippen molar-refractivity contribution in [3.8, 4) is 5.75 Å². The van der Waals surface area contributed by atoms with Crippen molar-refractivity contribution in [3.63, 3.8) is 0 Å². The maximum Gasteiger partial charge on any atom is 0.170 e. The minimum absolute atomic E-state index is 0.0222. The van der Waals surface area contributed by atoms with Gasteiger partial charge in [-0.3, -0.25) is 0 Å². The molecule has 6 nitrogen and oxygen atoms in total. The van der Waals surface area contributed by atoms with Crippen LogP contribution in [0.4, 0.5) is 0 Å². The molecule has 0 spiro atoms. The van der Waals surface area contributed by atoms with Gasteiger partial charge in [0.25, 0.3) is 0 Å². The van der Waals surface area contributed by atoms with Gasteiger partial charge in [-0.15, -0.1) is 0 Å². The molecular weight excluding hydrogens is 268 g/mol. The molecule has 0 saturated heterocycles. The molecule has 0 aliphatic rings. The highest BCUT2D eigenvalue weighted by Crippen LogP contribution is 2.19. The second-order valence-corrected chi connectivity index (χ2v) is 6.52. The molecule has 106 valence electrons. The molecule has 0 saturated carbocycles. The van der Waals surface area contributed by atoms with Crippen molar-refractivity contribution in [2.75, 3.05) is 18.1 Å². The van der Waals surface area contributed by atoms with Crippen LogP contribution in [-0.4, -0.2) is 37.6 Å². The Kier molecular flexibility index (Phi) is 5.17. The molecule has 0 atom stereocenters. The molecule has 0 aromatic heterocycles. The third-order valence-corrected chi connectivity index (χ3v) is 4.35. The Morgan fingerprint density at radius 2 is 2.16 bits per heavy atom. The van der Waals surface area contributed by atoms with Gasteiger partial charge in [0.05, 0.1) is 5.75 Å². The average molecular weight is 286 g/mol. The van der Waals surface area contributed by atoms with E-state index < -0.39 is 9.84 Å². The van der Waals surface area contributed by atoms with E-state index in [-0.39, 0.29) is 23.9 Å². The number of rotatable bonds is 6. The van der Waals surface area contributed by atoms with E-state index >= 15 is 0 Å². The fourth-order valence-electron chi connectivity index (χ4n) is 1.40. The highest BCUT2D eigenvalue weighted by atomic mass is 32.2. The van der Waals surface area contributed by atoms with Gasteiger partial charge >= 0.3 is 0 Å². The Labute approximate surface area is 112 Å². The molecule has 0 bridgehead atoms. The Balaban J connectivity index is 2.78. The van der Waals surface area contributed by atoms with Crippen LogP contribution < -0.4 is 10.5 Å². The second-order valence-electron chi connectivity index (χ2n) is 4.05. The lowest BCUT2D eigenvalue weighted by atomic mass is 10.1. The molecule has 7 heteroatoms. The third-order valence-electron chi connectivity index (χ3n) is 2.68. The summed E-state index contributed by atoms with van der Waals surface area (Å²) >= 11 is 0. The van der Waals surface area contributed by atoms with E-state index in [1.54, 1.807) is 25.1 Å². The van der Waals surface area contributed by atoms with E-state index in [9.17, 15) is 8.42 Å². The molecule has 1 aromatic carbocycles. The first-order valence-electron chi connectivity index (χ1n) is 5.81. The SMILES string of the molecule is CCS(=O)(=O)CCOc1cc(/C(N)=N/O)ccc1C. The van der Waals surface area contributed by atoms with Crippen LogP contribution in [0.3, 0.4) is 0 Å². The molecule has 19 heavy (non-hydrogen) atoms. The Hall–Kier alpha value is -1.76. The van der Waals surface area contributed by atoms with Gasteiger partial charge < -0.3 is 15.7 Å². The number of ether oxygens (including phenoxy) is 1. The van der Waals surface area contributed by atoms with Gasteiger partial charge in [-0.25, -0.2) is 8.42 Å². The molecule has 0 unspecified atom stereocenters. The second kappa shape index (κ2) is 6.42. The standard InChI is InChI=1S/C12H18N2O4S/c1-3-19(16,17)7-6-18-11-8-10(12(13)14-15)5-4-9(11)2/h4-5,8,15H,3,6-7H2,1-2H3,(H2,13,14). The molecule has 1 aromatic rings. The summed E-state index contributed by atoms with van der Waals surface area (Å²) < 4.78 is 28.1. The first-order chi connectivity index (χ1) is 8.89. The Morgan fingerprint density at radius 3 is 2.74 bits per heavy atom. The lowest BCUT2D eigenvalue weighted by Gasteiger charge is -2.10. The summed E-state index contributed by atoms with van der Waals surface area (Å²) in [5.41, 5.74) is 6.85. The fourth-order valence-corrected chi connectivity index (χ4v) is 2.02. The van der Waals surface area contributed by atoms with Crippen LogP contribution in [0.25, 0.3) is 0 Å². The summed E-state index contributed by atoms with van der Waals surface area (Å²) in [6.07, 6.45) is 0. The van der Waals surface area contributed by atoms with E-state index in [1.165, 1.54) is 0 Å². The van der Waals surface area contributed by atoms with Crippen molar-refractivity contribution in [2.45, 2.75) is 13.8 Å². The first kappa shape index (κ1) is 15.3. The third kappa shape index (κ3) is 4.44. The van der Waals surface area contributed by atoms with Crippen LogP contribution in [0.5, 0.6) is 5.75 Å². The van der Waals surface area contributed by atoms with E-state index in [4.69, 9.17) is 15.7 Å². The van der Waals surface area contributed by atoms with Crippen molar-refractivity contribution >= 4 is 15.7 Å². The number of aryl methyl sites for hydroxylation is 1. The largest absolute Gasteiger partial charge is 0.492 e. The molecule has 3 N–H and O–H groups in total.